The Hall–Kier alpha value is -4.21. The third kappa shape index (κ3) is 3.76. The lowest BCUT2D eigenvalue weighted by Gasteiger charge is -2.19. The second-order valence-corrected chi connectivity index (χ2v) is 8.80. The fraction of sp³-hybridized carbons (Fsp3) is 0.292. The van der Waals surface area contributed by atoms with Crippen LogP contribution in [0.25, 0.3) is 11.1 Å². The van der Waals surface area contributed by atoms with Gasteiger partial charge in [0.1, 0.15) is 6.61 Å². The number of aromatic amines is 1. The first-order valence-electron chi connectivity index (χ1n) is 10.9. The maximum Gasteiger partial charge on any atom is 0.414 e. The predicted octanol–water partition coefficient (Wildman–Crippen LogP) is 3.10. The van der Waals surface area contributed by atoms with Gasteiger partial charge in [0.2, 0.25) is 5.82 Å². The SMILES string of the molecule is CC1(C(=O)O)CCN(C(=O)c2nc(NC(=O)OCC3c4ccccc4-c4ccccc43)n[nH]2)C1. The van der Waals surface area contributed by atoms with E-state index in [-0.39, 0.29) is 30.8 Å². The number of likely N-dealkylation sites (tertiary alicyclic amines) is 1. The van der Waals surface area contributed by atoms with Gasteiger partial charge in [-0.15, -0.1) is 5.10 Å². The zero-order valence-electron chi connectivity index (χ0n) is 18.4. The smallest absolute Gasteiger partial charge is 0.414 e. The third-order valence-electron chi connectivity index (χ3n) is 6.52. The van der Waals surface area contributed by atoms with E-state index < -0.39 is 23.4 Å². The quantitative estimate of drug-likeness (QED) is 0.531. The molecular weight excluding hydrogens is 438 g/mol. The average Bonchev–Trinajstić information content (AvgIpc) is 3.54. The number of ether oxygens (including phenoxy) is 1. The molecule has 2 heterocycles. The number of nitrogens with zero attached hydrogens (tertiary/aromatic N) is 3. The zero-order valence-corrected chi connectivity index (χ0v) is 18.4. The number of amides is 2. The van der Waals surface area contributed by atoms with Gasteiger partial charge in [0.05, 0.1) is 5.41 Å². The maximum atomic E-state index is 12.6. The van der Waals surface area contributed by atoms with Gasteiger partial charge >= 0.3 is 12.1 Å². The minimum absolute atomic E-state index is 0.0800. The second kappa shape index (κ2) is 8.29. The van der Waals surface area contributed by atoms with Gasteiger partial charge in [-0.25, -0.2) is 4.79 Å². The summed E-state index contributed by atoms with van der Waals surface area (Å²) in [4.78, 5) is 41.9. The van der Waals surface area contributed by atoms with Gasteiger partial charge in [-0.05, 0) is 35.6 Å². The Labute approximate surface area is 195 Å². The van der Waals surface area contributed by atoms with Crippen molar-refractivity contribution in [3.63, 3.8) is 0 Å². The van der Waals surface area contributed by atoms with Crippen LogP contribution in [-0.2, 0) is 9.53 Å². The molecule has 1 unspecified atom stereocenters. The molecule has 1 aromatic heterocycles. The van der Waals surface area contributed by atoms with E-state index in [2.05, 4.69) is 32.6 Å². The number of aliphatic carboxylic acids is 1. The van der Waals surface area contributed by atoms with E-state index in [1.54, 1.807) is 6.92 Å². The number of anilines is 1. The normalized spacial score (nSPS) is 18.9. The number of hydrogen-bond donors (Lipinski definition) is 3. The first-order valence-corrected chi connectivity index (χ1v) is 10.9. The van der Waals surface area contributed by atoms with Crippen molar-refractivity contribution in [3.05, 3.63) is 65.5 Å². The number of carboxylic acids is 1. The highest BCUT2D eigenvalue weighted by Gasteiger charge is 2.43. The van der Waals surface area contributed by atoms with Crippen LogP contribution in [0.3, 0.4) is 0 Å². The first-order chi connectivity index (χ1) is 16.4. The monoisotopic (exact) mass is 461 g/mol. The number of carboxylic acid groups (broad SMARTS) is 1. The van der Waals surface area contributed by atoms with Crippen LogP contribution < -0.4 is 5.32 Å². The molecular formula is C24H23N5O5. The van der Waals surface area contributed by atoms with Gasteiger partial charge in [0, 0.05) is 19.0 Å². The second-order valence-electron chi connectivity index (χ2n) is 8.80. The Morgan fingerprint density at radius 3 is 2.41 bits per heavy atom. The average molecular weight is 461 g/mol. The van der Waals surface area contributed by atoms with Crippen LogP contribution in [0.2, 0.25) is 0 Å². The van der Waals surface area contributed by atoms with E-state index in [1.807, 2.05) is 36.4 Å². The minimum Gasteiger partial charge on any atom is -0.481 e. The molecule has 2 aromatic carbocycles. The highest BCUT2D eigenvalue weighted by Crippen LogP contribution is 2.44. The van der Waals surface area contributed by atoms with E-state index >= 15 is 0 Å². The molecule has 1 atom stereocenters. The number of aromatic nitrogens is 3. The Morgan fingerprint density at radius 1 is 1.15 bits per heavy atom. The number of fused-ring (bicyclic) bond motifs is 3. The summed E-state index contributed by atoms with van der Waals surface area (Å²) >= 11 is 0. The fourth-order valence-electron chi connectivity index (χ4n) is 4.60. The van der Waals surface area contributed by atoms with Crippen molar-refractivity contribution >= 4 is 23.9 Å². The third-order valence-corrected chi connectivity index (χ3v) is 6.52. The van der Waals surface area contributed by atoms with Crippen LogP contribution in [0.5, 0.6) is 0 Å². The number of benzene rings is 2. The van der Waals surface area contributed by atoms with E-state index in [0.29, 0.717) is 13.0 Å². The van der Waals surface area contributed by atoms with E-state index in [1.165, 1.54) is 4.90 Å². The molecule has 1 fully saturated rings. The van der Waals surface area contributed by atoms with Crippen molar-refractivity contribution < 1.29 is 24.2 Å². The first kappa shape index (κ1) is 21.6. The molecule has 0 spiro atoms. The van der Waals surface area contributed by atoms with Crippen LogP contribution in [0.15, 0.2) is 48.5 Å². The maximum absolute atomic E-state index is 12.6. The lowest BCUT2D eigenvalue weighted by molar-refractivity contribution is -0.147. The highest BCUT2D eigenvalue weighted by atomic mass is 16.5. The van der Waals surface area contributed by atoms with Crippen molar-refractivity contribution in [1.82, 2.24) is 20.1 Å². The van der Waals surface area contributed by atoms with Gasteiger partial charge in [-0.3, -0.25) is 20.0 Å². The Morgan fingerprint density at radius 2 is 1.79 bits per heavy atom. The molecule has 3 aromatic rings. The van der Waals surface area contributed by atoms with Crippen molar-refractivity contribution in [2.45, 2.75) is 19.3 Å². The van der Waals surface area contributed by atoms with Gasteiger partial charge in [0.25, 0.3) is 11.9 Å². The molecule has 1 aliphatic heterocycles. The molecule has 1 aliphatic carbocycles. The van der Waals surface area contributed by atoms with Crippen LogP contribution >= 0.6 is 0 Å². The predicted molar refractivity (Wildman–Crippen MR) is 121 cm³/mol. The minimum atomic E-state index is -0.988. The molecule has 3 N–H and O–H groups in total. The van der Waals surface area contributed by atoms with Gasteiger partial charge < -0.3 is 14.7 Å². The fourth-order valence-corrected chi connectivity index (χ4v) is 4.60. The summed E-state index contributed by atoms with van der Waals surface area (Å²) in [6, 6.07) is 16.1. The molecule has 0 bridgehead atoms. The largest absolute Gasteiger partial charge is 0.481 e. The molecule has 0 radical (unpaired) electrons. The highest BCUT2D eigenvalue weighted by molar-refractivity contribution is 5.92. The lowest BCUT2D eigenvalue weighted by atomic mass is 9.90. The number of hydrogen-bond acceptors (Lipinski definition) is 6. The number of carbonyl (C=O) groups excluding carboxylic acids is 2. The lowest BCUT2D eigenvalue weighted by Crippen LogP contribution is -2.35. The van der Waals surface area contributed by atoms with Crippen LogP contribution in [-0.4, -0.2) is 62.9 Å². The molecule has 34 heavy (non-hydrogen) atoms. The summed E-state index contributed by atoms with van der Waals surface area (Å²) in [5.74, 6) is -1.68. The molecule has 1 saturated heterocycles. The van der Waals surface area contributed by atoms with Crippen molar-refractivity contribution in [2.75, 3.05) is 25.0 Å². The van der Waals surface area contributed by atoms with Crippen molar-refractivity contribution in [2.24, 2.45) is 5.41 Å². The van der Waals surface area contributed by atoms with E-state index in [4.69, 9.17) is 4.74 Å². The van der Waals surface area contributed by atoms with Gasteiger partial charge in [-0.2, -0.15) is 4.98 Å². The number of carbonyl (C=O) groups is 3. The molecule has 174 valence electrons. The number of rotatable bonds is 5. The summed E-state index contributed by atoms with van der Waals surface area (Å²) in [5, 5.41) is 18.1. The summed E-state index contributed by atoms with van der Waals surface area (Å²) < 4.78 is 5.46. The van der Waals surface area contributed by atoms with E-state index in [0.717, 1.165) is 22.3 Å². The van der Waals surface area contributed by atoms with Crippen molar-refractivity contribution in [1.29, 1.82) is 0 Å². The summed E-state index contributed by atoms with van der Waals surface area (Å²) in [5.41, 5.74) is 3.47. The zero-order chi connectivity index (χ0) is 23.9. The Bertz CT molecular complexity index is 1240. The topological polar surface area (TPSA) is 138 Å². The molecule has 2 aliphatic rings. The Balaban J connectivity index is 1.21. The molecule has 10 heteroatoms. The summed E-state index contributed by atoms with van der Waals surface area (Å²) in [6.45, 7) is 2.12. The van der Waals surface area contributed by atoms with Crippen LogP contribution in [0.4, 0.5) is 10.7 Å². The summed E-state index contributed by atoms with van der Waals surface area (Å²) in [7, 11) is 0. The van der Waals surface area contributed by atoms with Gasteiger partial charge in [-0.1, -0.05) is 48.5 Å². The molecule has 5 rings (SSSR count). The van der Waals surface area contributed by atoms with Crippen LogP contribution in [0.1, 0.15) is 41.0 Å². The molecule has 0 saturated carbocycles. The standard InChI is InChI=1S/C24H23N5O5/c1-24(21(31)32)10-11-29(13-24)20(30)19-25-22(28-27-19)26-23(33)34-12-18-16-8-4-2-6-14(16)15-7-3-5-9-17(15)18/h2-9,18H,10-13H2,1H3,(H,31,32)(H2,25,26,27,28,33). The summed E-state index contributed by atoms with van der Waals surface area (Å²) in [6.07, 6.45) is -0.382. The number of H-pyrrole nitrogens is 1. The van der Waals surface area contributed by atoms with E-state index in [9.17, 15) is 19.5 Å². The van der Waals surface area contributed by atoms with Crippen molar-refractivity contribution in [3.8, 4) is 11.1 Å². The molecule has 10 nitrogen and oxygen atoms in total. The number of nitrogens with one attached hydrogen (secondary N) is 2. The molecule has 2 amide bonds. The van der Waals surface area contributed by atoms with Gasteiger partial charge in [0.15, 0.2) is 0 Å². The Kier molecular flexibility index (Phi) is 5.27. The van der Waals surface area contributed by atoms with Crippen LogP contribution in [0, 0.1) is 5.41 Å².